The molecule has 1 fully saturated rings. The summed E-state index contributed by atoms with van der Waals surface area (Å²) in [5, 5.41) is 8.44. The first-order chi connectivity index (χ1) is 9.19. The fourth-order valence-electron chi connectivity index (χ4n) is 2.85. The van der Waals surface area contributed by atoms with Crippen LogP contribution in [-0.2, 0) is 19.7 Å². The van der Waals surface area contributed by atoms with Crippen molar-refractivity contribution in [2.24, 2.45) is 11.8 Å². The van der Waals surface area contributed by atoms with Crippen LogP contribution in [0.25, 0.3) is 0 Å². The smallest absolute Gasteiger partial charge is 0.155 e. The van der Waals surface area contributed by atoms with E-state index in [1.807, 2.05) is 0 Å². The Hall–Kier alpha value is -0.610. The van der Waals surface area contributed by atoms with Gasteiger partial charge in [-0.3, -0.25) is 0 Å². The number of hydrogen-bond donors (Lipinski definition) is 0. The maximum absolute atomic E-state index is 12.3. The lowest BCUT2D eigenvalue weighted by Crippen LogP contribution is -2.38. The zero-order valence-electron chi connectivity index (χ0n) is 12.1. The second-order valence-electron chi connectivity index (χ2n) is 5.74. The van der Waals surface area contributed by atoms with Gasteiger partial charge in [-0.2, -0.15) is 5.26 Å². The standard InChI is InChI=1S/C13H23NO4S2/c1-3-4-11-5-6-12(10-14)13(9-11)20(17,18)8-7-19(2,15)16/h11-13H,3-9H2,1-2H3. The molecule has 0 aromatic rings. The molecule has 3 atom stereocenters. The van der Waals surface area contributed by atoms with Crippen molar-refractivity contribution >= 4 is 19.7 Å². The molecule has 0 aromatic heterocycles. The molecule has 3 unspecified atom stereocenters. The largest absolute Gasteiger partial charge is 0.229 e. The number of nitriles is 1. The van der Waals surface area contributed by atoms with Gasteiger partial charge in [0.2, 0.25) is 0 Å². The van der Waals surface area contributed by atoms with Crippen LogP contribution < -0.4 is 0 Å². The van der Waals surface area contributed by atoms with Crippen molar-refractivity contribution in [3.63, 3.8) is 0 Å². The lowest BCUT2D eigenvalue weighted by Gasteiger charge is -2.32. The molecule has 1 aliphatic rings. The second-order valence-corrected chi connectivity index (χ2v) is 10.3. The van der Waals surface area contributed by atoms with Crippen LogP contribution in [0.1, 0.15) is 39.0 Å². The van der Waals surface area contributed by atoms with Gasteiger partial charge in [0.15, 0.2) is 9.84 Å². The van der Waals surface area contributed by atoms with E-state index in [-0.39, 0.29) is 11.5 Å². The van der Waals surface area contributed by atoms with Gasteiger partial charge in [-0.15, -0.1) is 0 Å². The summed E-state index contributed by atoms with van der Waals surface area (Å²) in [7, 11) is -6.84. The number of rotatable bonds is 6. The highest BCUT2D eigenvalue weighted by molar-refractivity contribution is 7.95. The van der Waals surface area contributed by atoms with Gasteiger partial charge in [0, 0.05) is 6.26 Å². The van der Waals surface area contributed by atoms with E-state index in [9.17, 15) is 16.8 Å². The Morgan fingerprint density at radius 2 is 1.80 bits per heavy atom. The Balaban J connectivity index is 2.85. The molecule has 20 heavy (non-hydrogen) atoms. The van der Waals surface area contributed by atoms with Crippen LogP contribution in [0, 0.1) is 23.2 Å². The van der Waals surface area contributed by atoms with Crippen LogP contribution in [0.3, 0.4) is 0 Å². The highest BCUT2D eigenvalue weighted by Crippen LogP contribution is 2.35. The number of sulfone groups is 2. The number of nitrogens with zero attached hydrogens (tertiary/aromatic N) is 1. The van der Waals surface area contributed by atoms with Crippen molar-refractivity contribution in [1.82, 2.24) is 0 Å². The highest BCUT2D eigenvalue weighted by atomic mass is 32.2. The molecule has 0 radical (unpaired) electrons. The van der Waals surface area contributed by atoms with Gasteiger partial charge in [-0.25, -0.2) is 16.8 Å². The predicted octanol–water partition coefficient (Wildman–Crippen LogP) is 1.55. The Labute approximate surface area is 122 Å². The fraction of sp³-hybridized carbons (Fsp3) is 0.923. The molecule has 0 spiro atoms. The third kappa shape index (κ3) is 5.06. The maximum Gasteiger partial charge on any atom is 0.155 e. The topological polar surface area (TPSA) is 92.1 Å². The highest BCUT2D eigenvalue weighted by Gasteiger charge is 2.38. The summed E-state index contributed by atoms with van der Waals surface area (Å²) in [5.41, 5.74) is 0. The van der Waals surface area contributed by atoms with E-state index in [2.05, 4.69) is 13.0 Å². The van der Waals surface area contributed by atoms with Crippen LogP contribution in [0.5, 0.6) is 0 Å². The van der Waals surface area contributed by atoms with Crippen molar-refractivity contribution in [1.29, 1.82) is 5.26 Å². The molecule has 0 heterocycles. The van der Waals surface area contributed by atoms with Gasteiger partial charge < -0.3 is 0 Å². The summed E-state index contributed by atoms with van der Waals surface area (Å²) in [6.45, 7) is 2.06. The Morgan fingerprint density at radius 1 is 1.15 bits per heavy atom. The van der Waals surface area contributed by atoms with Crippen molar-refractivity contribution in [2.75, 3.05) is 17.8 Å². The van der Waals surface area contributed by atoms with E-state index in [1.54, 1.807) is 0 Å². The molecular formula is C13H23NO4S2. The zero-order chi connectivity index (χ0) is 15.4. The first-order valence-electron chi connectivity index (χ1n) is 6.98. The normalized spacial score (nSPS) is 27.9. The zero-order valence-corrected chi connectivity index (χ0v) is 13.7. The molecular weight excluding hydrogens is 298 g/mol. The minimum absolute atomic E-state index is 0.336. The van der Waals surface area contributed by atoms with Gasteiger partial charge >= 0.3 is 0 Å². The lowest BCUT2D eigenvalue weighted by molar-refractivity contribution is 0.299. The molecule has 116 valence electrons. The molecule has 0 saturated heterocycles. The molecule has 5 nitrogen and oxygen atoms in total. The summed E-state index contributed by atoms with van der Waals surface area (Å²) in [6, 6.07) is 2.09. The van der Waals surface area contributed by atoms with Crippen LogP contribution in [0.4, 0.5) is 0 Å². The average molecular weight is 321 g/mol. The first kappa shape index (κ1) is 17.4. The van der Waals surface area contributed by atoms with E-state index >= 15 is 0 Å². The average Bonchev–Trinajstić information content (AvgIpc) is 2.36. The number of hydrogen-bond acceptors (Lipinski definition) is 5. The first-order valence-corrected chi connectivity index (χ1v) is 10.8. The SMILES string of the molecule is CCCC1CCC(C#N)C(S(=O)(=O)CCS(C)(=O)=O)C1. The third-order valence-electron chi connectivity index (χ3n) is 3.96. The van der Waals surface area contributed by atoms with Gasteiger partial charge in [-0.05, 0) is 25.2 Å². The van der Waals surface area contributed by atoms with Crippen LogP contribution in [-0.4, -0.2) is 39.8 Å². The van der Waals surface area contributed by atoms with Crippen molar-refractivity contribution in [3.05, 3.63) is 0 Å². The molecule has 0 aliphatic heterocycles. The molecule has 7 heteroatoms. The predicted molar refractivity (Wildman–Crippen MR) is 78.6 cm³/mol. The molecule has 1 saturated carbocycles. The monoisotopic (exact) mass is 321 g/mol. The van der Waals surface area contributed by atoms with E-state index in [4.69, 9.17) is 5.26 Å². The van der Waals surface area contributed by atoms with Gasteiger partial charge in [-0.1, -0.05) is 19.8 Å². The molecule has 0 amide bonds. The van der Waals surface area contributed by atoms with Gasteiger partial charge in [0.1, 0.15) is 9.84 Å². The van der Waals surface area contributed by atoms with Crippen LogP contribution in [0.15, 0.2) is 0 Å². The summed E-state index contributed by atoms with van der Waals surface area (Å²) in [4.78, 5) is 0. The molecule has 1 rings (SSSR count). The van der Waals surface area contributed by atoms with Gasteiger partial charge in [0.25, 0.3) is 0 Å². The van der Waals surface area contributed by atoms with E-state index < -0.39 is 30.8 Å². The minimum atomic E-state index is -3.53. The maximum atomic E-state index is 12.3. The van der Waals surface area contributed by atoms with E-state index in [1.165, 1.54) is 0 Å². The molecule has 1 aliphatic carbocycles. The van der Waals surface area contributed by atoms with Crippen LogP contribution >= 0.6 is 0 Å². The molecule has 0 bridgehead atoms. The minimum Gasteiger partial charge on any atom is -0.229 e. The van der Waals surface area contributed by atoms with E-state index in [0.717, 1.165) is 25.5 Å². The van der Waals surface area contributed by atoms with Crippen LogP contribution in [0.2, 0.25) is 0 Å². The molecule has 0 aromatic carbocycles. The quantitative estimate of drug-likeness (QED) is 0.740. The Bertz CT molecular complexity index is 560. The van der Waals surface area contributed by atoms with Crippen molar-refractivity contribution < 1.29 is 16.8 Å². The Morgan fingerprint density at radius 3 is 2.30 bits per heavy atom. The molecule has 0 N–H and O–H groups in total. The summed E-state index contributed by atoms with van der Waals surface area (Å²) >= 11 is 0. The second kappa shape index (κ2) is 6.90. The van der Waals surface area contributed by atoms with Crippen molar-refractivity contribution in [3.8, 4) is 6.07 Å². The van der Waals surface area contributed by atoms with Gasteiger partial charge in [0.05, 0.1) is 28.7 Å². The Kier molecular flexibility index (Phi) is 6.02. The lowest BCUT2D eigenvalue weighted by atomic mass is 9.80. The fourth-order valence-corrected chi connectivity index (χ4v) is 6.55. The van der Waals surface area contributed by atoms with Crippen molar-refractivity contribution in [2.45, 2.75) is 44.3 Å². The summed E-state index contributed by atoms with van der Waals surface area (Å²) in [5.74, 6) is -0.883. The summed E-state index contributed by atoms with van der Waals surface area (Å²) in [6.07, 6.45) is 4.99. The summed E-state index contributed by atoms with van der Waals surface area (Å²) < 4.78 is 47.0. The van der Waals surface area contributed by atoms with E-state index in [0.29, 0.717) is 18.8 Å². The third-order valence-corrected chi connectivity index (χ3v) is 7.38.